The Kier molecular flexibility index (Phi) is 13.6. The van der Waals surface area contributed by atoms with Crippen LogP contribution in [0.5, 0.6) is 0 Å². The van der Waals surface area contributed by atoms with Crippen LogP contribution in [0.3, 0.4) is 0 Å². The van der Waals surface area contributed by atoms with E-state index < -0.39 is 22.4 Å². The summed E-state index contributed by atoms with van der Waals surface area (Å²) >= 11 is 0. The van der Waals surface area contributed by atoms with Gasteiger partial charge in [0.15, 0.2) is 22.4 Å². The summed E-state index contributed by atoms with van der Waals surface area (Å²) in [4.78, 5) is 0. The van der Waals surface area contributed by atoms with E-state index in [1.165, 1.54) is 0 Å². The molecule has 0 aromatic heterocycles. The molecule has 0 spiro atoms. The van der Waals surface area contributed by atoms with Gasteiger partial charge in [-0.3, -0.25) is 0 Å². The van der Waals surface area contributed by atoms with Crippen molar-refractivity contribution in [2.24, 2.45) is 35.5 Å². The van der Waals surface area contributed by atoms with Crippen LogP contribution in [0.25, 0.3) is 0 Å². The molecule has 2 bridgehead atoms. The summed E-state index contributed by atoms with van der Waals surface area (Å²) in [5.41, 5.74) is 5.08. The summed E-state index contributed by atoms with van der Waals surface area (Å²) in [5.74, 6) is -0.878. The molecular formula is C59H60O4P4+4. The van der Waals surface area contributed by atoms with Gasteiger partial charge in [-0.1, -0.05) is 243 Å². The Labute approximate surface area is 405 Å². The Bertz CT molecular complexity index is 2260. The lowest BCUT2D eigenvalue weighted by molar-refractivity contribution is -0.158. The van der Waals surface area contributed by atoms with E-state index in [1.807, 2.05) is 0 Å². The first-order chi connectivity index (χ1) is 33.1. The average molecular weight is 957 g/mol. The lowest BCUT2D eigenvalue weighted by Gasteiger charge is -2.58. The summed E-state index contributed by atoms with van der Waals surface area (Å²) in [5, 5.41) is 0. The average Bonchev–Trinajstić information content (AvgIpc) is 3.99. The molecule has 2 saturated carbocycles. The Balaban J connectivity index is 1.41. The molecule has 336 valence electrons. The number of hydrogen-bond donors (Lipinski definition) is 0. The minimum Gasteiger partial charge on any atom is -0.230 e. The zero-order valence-electron chi connectivity index (χ0n) is 37.7. The molecule has 0 aliphatic heterocycles. The molecule has 0 N–H and O–H groups in total. The lowest BCUT2D eigenvalue weighted by atomic mass is 9.48. The van der Waals surface area contributed by atoms with Crippen LogP contribution in [0.2, 0.25) is 0 Å². The normalized spacial score (nSPS) is 20.9. The van der Waals surface area contributed by atoms with Crippen molar-refractivity contribution in [2.45, 2.75) is 28.8 Å². The highest BCUT2D eigenvalue weighted by Gasteiger charge is 2.77. The largest absolute Gasteiger partial charge is 0.230 e. The third kappa shape index (κ3) is 7.35. The highest BCUT2D eigenvalue weighted by molar-refractivity contribution is 7.10. The van der Waals surface area contributed by atoms with Gasteiger partial charge in [-0.05, 0) is 62.8 Å². The first-order valence-corrected chi connectivity index (χ1v) is 25.5. The molecule has 2 aliphatic carbocycles. The molecule has 8 atom stereocenters. The van der Waals surface area contributed by atoms with Crippen molar-refractivity contribution in [2.75, 3.05) is 0 Å². The van der Waals surface area contributed by atoms with Crippen LogP contribution in [0, 0.1) is 35.5 Å². The van der Waals surface area contributed by atoms with Crippen molar-refractivity contribution >= 4 is 37.9 Å². The molecule has 0 heterocycles. The molecule has 0 amide bonds. The zero-order chi connectivity index (χ0) is 45.9. The van der Waals surface area contributed by atoms with Crippen molar-refractivity contribution in [3.63, 3.8) is 0 Å². The van der Waals surface area contributed by atoms with Crippen molar-refractivity contribution in [3.8, 4) is 0 Å². The van der Waals surface area contributed by atoms with Gasteiger partial charge in [0.25, 0.3) is 0 Å². The van der Waals surface area contributed by atoms with E-state index in [1.54, 1.807) is 37.9 Å². The number of hydrogen-bond acceptors (Lipinski definition) is 4. The maximum absolute atomic E-state index is 7.52. The Morgan fingerprint density at radius 2 is 0.373 bits per heavy atom. The van der Waals surface area contributed by atoms with Gasteiger partial charge in [-0.15, -0.1) is 0 Å². The fraction of sp³-hybridized carbons (Fsp3) is 0.186. The van der Waals surface area contributed by atoms with E-state index in [9.17, 15) is 0 Å². The molecule has 8 heteroatoms. The number of benzene rings is 8. The molecule has 67 heavy (non-hydrogen) atoms. The van der Waals surface area contributed by atoms with E-state index in [-0.39, 0.29) is 35.5 Å². The standard InChI is InChI=1S/C59H60O4P4/c64-60-56(42-25-9-1-10-26-42,43-27-11-2-12-28-43)52-50-41-51(53(52)57(61-65,44-29-13-3-14-30-44)45-31-15-4-16-32-45)55(59(63-67,48-37-21-7-22-38-48)49-39-23-8-24-40-49)54(50)58(62-66,46-33-17-5-18-34-46)47-35-19-6-20-36-47/h1-40,50-55H,41H2,64-67H3/q+4. The van der Waals surface area contributed by atoms with Gasteiger partial charge in [-0.25, -0.2) is 18.1 Å². The molecule has 0 radical (unpaired) electrons. The van der Waals surface area contributed by atoms with Crippen LogP contribution in [0.4, 0.5) is 0 Å². The van der Waals surface area contributed by atoms with Crippen LogP contribution >= 0.6 is 37.9 Å². The summed E-state index contributed by atoms with van der Waals surface area (Å²) in [6.07, 6.45) is 0.855. The topological polar surface area (TPSA) is 36.9 Å². The van der Waals surface area contributed by atoms with E-state index in [0.717, 1.165) is 50.9 Å². The lowest BCUT2D eigenvalue weighted by Crippen LogP contribution is -2.61. The Morgan fingerprint density at radius 3 is 0.493 bits per heavy atom. The number of rotatable bonds is 16. The molecule has 10 rings (SSSR count). The molecule has 2 fully saturated rings. The van der Waals surface area contributed by atoms with Crippen molar-refractivity contribution in [1.82, 2.24) is 0 Å². The van der Waals surface area contributed by atoms with Gasteiger partial charge in [0.05, 0.1) is 0 Å². The Hall–Kier alpha value is -4.68. The molecule has 0 saturated heterocycles. The van der Waals surface area contributed by atoms with Crippen molar-refractivity contribution < 1.29 is 18.1 Å². The maximum atomic E-state index is 7.52. The molecule has 8 aromatic carbocycles. The fourth-order valence-electron chi connectivity index (χ4n) is 13.4. The summed E-state index contributed by atoms with van der Waals surface area (Å²) < 4.78 is 30.1. The third-order valence-electron chi connectivity index (χ3n) is 15.6. The highest BCUT2D eigenvalue weighted by Crippen LogP contribution is 2.76. The maximum Gasteiger partial charge on any atom is 0.164 e. The smallest absolute Gasteiger partial charge is 0.164 e. The minimum atomic E-state index is -0.948. The summed E-state index contributed by atoms with van der Waals surface area (Å²) in [6.45, 7) is 0. The second-order valence-electron chi connectivity index (χ2n) is 18.1. The van der Waals surface area contributed by atoms with Crippen LogP contribution in [-0.4, -0.2) is 0 Å². The van der Waals surface area contributed by atoms with E-state index >= 15 is 0 Å². The van der Waals surface area contributed by atoms with Crippen LogP contribution in [0.1, 0.15) is 50.9 Å². The first-order valence-electron chi connectivity index (χ1n) is 23.2. The molecule has 8 unspecified atom stereocenters. The van der Waals surface area contributed by atoms with Crippen molar-refractivity contribution in [1.29, 1.82) is 0 Å². The van der Waals surface area contributed by atoms with Gasteiger partial charge < -0.3 is 0 Å². The summed E-state index contributed by atoms with van der Waals surface area (Å²) in [6, 6.07) is 87.7. The van der Waals surface area contributed by atoms with Gasteiger partial charge in [0.2, 0.25) is 0 Å². The van der Waals surface area contributed by atoms with Gasteiger partial charge in [0.1, 0.15) is 37.9 Å². The number of fused-ring (bicyclic) bond motifs is 2. The van der Waals surface area contributed by atoms with E-state index in [0.29, 0.717) is 0 Å². The van der Waals surface area contributed by atoms with Gasteiger partial charge in [0, 0.05) is 23.7 Å². The van der Waals surface area contributed by atoms with Gasteiger partial charge in [-0.2, -0.15) is 0 Å². The third-order valence-corrected chi connectivity index (χ3v) is 17.4. The predicted molar refractivity (Wildman–Crippen MR) is 289 cm³/mol. The molecule has 4 nitrogen and oxygen atoms in total. The quantitative estimate of drug-likeness (QED) is 0.0905. The molecule has 8 aromatic rings. The van der Waals surface area contributed by atoms with E-state index in [2.05, 4.69) is 243 Å². The SMILES string of the molecule is [PH3+]OC(c1ccccc1)(c1ccccc1)C1C2CC(C1C(O[PH3+])(c1ccccc1)c1ccccc1)C(C(O[PH3+])(c1ccccc1)c1ccccc1)C2C(O[PH3+])(c1ccccc1)c1ccccc1. The summed E-state index contributed by atoms with van der Waals surface area (Å²) in [7, 11) is 6.52. The fourth-order valence-corrected chi connectivity index (χ4v) is 15.5. The second-order valence-corrected chi connectivity index (χ2v) is 19.3. The van der Waals surface area contributed by atoms with Crippen LogP contribution < -0.4 is 0 Å². The predicted octanol–water partition coefficient (Wildman–Crippen LogP) is 13.0. The first kappa shape index (κ1) is 46.1. The Morgan fingerprint density at radius 1 is 0.239 bits per heavy atom. The van der Waals surface area contributed by atoms with Gasteiger partial charge >= 0.3 is 0 Å². The molecular weight excluding hydrogens is 897 g/mol. The van der Waals surface area contributed by atoms with Crippen LogP contribution in [0.15, 0.2) is 243 Å². The monoisotopic (exact) mass is 956 g/mol. The highest BCUT2D eigenvalue weighted by atomic mass is 31.0. The zero-order valence-corrected chi connectivity index (χ0v) is 43.4. The van der Waals surface area contributed by atoms with E-state index in [4.69, 9.17) is 18.1 Å². The van der Waals surface area contributed by atoms with Crippen molar-refractivity contribution in [3.05, 3.63) is 287 Å². The van der Waals surface area contributed by atoms with Crippen LogP contribution in [-0.2, 0) is 40.5 Å². The molecule has 2 aliphatic rings. The minimum absolute atomic E-state index is 0.0501. The second kappa shape index (κ2) is 19.7.